The molecule has 0 spiro atoms. The standard InChI is InChI=1S/C27H33N5O3/c1-31-8-10-32(11-9-31)24-7-5-21-16-25(24)35-15-13-33-12-14-34-22-6-4-19-2-3-20-18-28-27(29-21)30-26(20)23(19)17-22/h4-7,16-18,20,26H,2-3,8-15H2,1H3,(H,29,30). The van der Waals surface area contributed by atoms with E-state index in [0.29, 0.717) is 38.3 Å². The van der Waals surface area contributed by atoms with E-state index >= 15 is 0 Å². The van der Waals surface area contributed by atoms with E-state index in [0.717, 1.165) is 61.9 Å². The first-order valence-corrected chi connectivity index (χ1v) is 12.7. The Labute approximate surface area is 206 Å². The molecule has 8 heteroatoms. The Hall–Kier alpha value is -3.10. The van der Waals surface area contributed by atoms with Crippen LogP contribution in [0.5, 0.6) is 11.5 Å². The van der Waals surface area contributed by atoms with Gasteiger partial charge in [-0.1, -0.05) is 6.07 Å². The summed E-state index contributed by atoms with van der Waals surface area (Å²) in [5.74, 6) is 2.67. The zero-order valence-electron chi connectivity index (χ0n) is 20.3. The number of likely N-dealkylation sites (N-methyl/N-ethyl adjacent to an activating group) is 1. The van der Waals surface area contributed by atoms with Gasteiger partial charge in [0.25, 0.3) is 0 Å². The third kappa shape index (κ3) is 4.86. The average molecular weight is 476 g/mol. The van der Waals surface area contributed by atoms with Crippen molar-refractivity contribution < 1.29 is 14.2 Å². The highest BCUT2D eigenvalue weighted by Crippen LogP contribution is 2.40. The molecular formula is C27H33N5O3. The van der Waals surface area contributed by atoms with Crippen molar-refractivity contribution in [3.8, 4) is 11.5 Å². The SMILES string of the molecule is CN1CCN(c2ccc3cc2OCCOCCOc2ccc4c(c2)C2N=C(N=CC2CC4)N3)CC1. The molecular weight excluding hydrogens is 442 g/mol. The summed E-state index contributed by atoms with van der Waals surface area (Å²) in [6.07, 6.45) is 4.16. The molecule has 1 aliphatic carbocycles. The molecule has 0 aromatic heterocycles. The molecule has 6 bridgehead atoms. The number of hydrogen-bond donors (Lipinski definition) is 1. The average Bonchev–Trinajstić information content (AvgIpc) is 2.88. The Morgan fingerprint density at radius 1 is 0.943 bits per heavy atom. The molecule has 4 aliphatic rings. The zero-order valence-corrected chi connectivity index (χ0v) is 20.3. The number of guanidine groups is 1. The first-order chi connectivity index (χ1) is 17.2. The largest absolute Gasteiger partial charge is 0.491 e. The Morgan fingerprint density at radius 3 is 2.69 bits per heavy atom. The third-order valence-corrected chi connectivity index (χ3v) is 7.28. The van der Waals surface area contributed by atoms with Crippen molar-refractivity contribution in [2.45, 2.75) is 18.9 Å². The molecule has 3 heterocycles. The molecule has 3 aliphatic heterocycles. The van der Waals surface area contributed by atoms with Crippen LogP contribution in [0.1, 0.15) is 23.6 Å². The molecule has 1 fully saturated rings. The van der Waals surface area contributed by atoms with Crippen molar-refractivity contribution in [1.82, 2.24) is 4.90 Å². The van der Waals surface area contributed by atoms with Crippen LogP contribution in [0, 0.1) is 5.92 Å². The summed E-state index contributed by atoms with van der Waals surface area (Å²) in [6.45, 7) is 6.06. The normalized spacial score (nSPS) is 24.6. The van der Waals surface area contributed by atoms with Gasteiger partial charge < -0.3 is 29.3 Å². The predicted octanol–water partition coefficient (Wildman–Crippen LogP) is 3.38. The fourth-order valence-electron chi connectivity index (χ4n) is 5.27. The number of aliphatic imine (C=N–C) groups is 2. The monoisotopic (exact) mass is 475 g/mol. The highest BCUT2D eigenvalue weighted by atomic mass is 16.5. The van der Waals surface area contributed by atoms with Crippen LogP contribution in [0.25, 0.3) is 0 Å². The van der Waals surface area contributed by atoms with Crippen molar-refractivity contribution in [3.63, 3.8) is 0 Å². The summed E-state index contributed by atoms with van der Waals surface area (Å²) in [7, 11) is 2.17. The van der Waals surface area contributed by atoms with Gasteiger partial charge in [-0.2, -0.15) is 0 Å². The summed E-state index contributed by atoms with van der Waals surface area (Å²) >= 11 is 0. The summed E-state index contributed by atoms with van der Waals surface area (Å²) in [5.41, 5.74) is 4.62. The van der Waals surface area contributed by atoms with Crippen molar-refractivity contribution in [1.29, 1.82) is 0 Å². The lowest BCUT2D eigenvalue weighted by Gasteiger charge is -2.35. The van der Waals surface area contributed by atoms with Crippen molar-refractivity contribution >= 4 is 23.5 Å². The zero-order chi connectivity index (χ0) is 23.6. The number of ether oxygens (including phenoxy) is 3. The second kappa shape index (κ2) is 9.87. The van der Waals surface area contributed by atoms with E-state index in [-0.39, 0.29) is 6.04 Å². The van der Waals surface area contributed by atoms with E-state index < -0.39 is 0 Å². The van der Waals surface area contributed by atoms with Crippen molar-refractivity contribution in [3.05, 3.63) is 47.5 Å². The molecule has 184 valence electrons. The number of benzene rings is 2. The van der Waals surface area contributed by atoms with Crippen LogP contribution in [0.4, 0.5) is 11.4 Å². The van der Waals surface area contributed by atoms with Crippen LogP contribution in [0.2, 0.25) is 0 Å². The molecule has 1 N–H and O–H groups in total. The lowest BCUT2D eigenvalue weighted by molar-refractivity contribution is 0.0765. The third-order valence-electron chi connectivity index (χ3n) is 7.28. The summed E-state index contributed by atoms with van der Waals surface area (Å²) in [4.78, 5) is 14.5. The van der Waals surface area contributed by atoms with E-state index in [1.54, 1.807) is 0 Å². The number of hydrogen-bond acceptors (Lipinski definition) is 8. The number of anilines is 2. The molecule has 6 rings (SSSR count). The fourth-order valence-corrected chi connectivity index (χ4v) is 5.27. The smallest absolute Gasteiger partial charge is 0.222 e. The van der Waals surface area contributed by atoms with Crippen LogP contribution in [-0.2, 0) is 11.2 Å². The highest BCUT2D eigenvalue weighted by Gasteiger charge is 2.31. The minimum Gasteiger partial charge on any atom is -0.491 e. The minimum atomic E-state index is 0.0505. The fraction of sp³-hybridized carbons (Fsp3) is 0.481. The van der Waals surface area contributed by atoms with Gasteiger partial charge in [-0.25, -0.2) is 9.98 Å². The molecule has 0 saturated carbocycles. The van der Waals surface area contributed by atoms with Gasteiger partial charge in [-0.05, 0) is 55.3 Å². The minimum absolute atomic E-state index is 0.0505. The Bertz CT molecular complexity index is 1130. The maximum absolute atomic E-state index is 6.23. The van der Waals surface area contributed by atoms with Crippen molar-refractivity contribution in [2.24, 2.45) is 15.9 Å². The summed E-state index contributed by atoms with van der Waals surface area (Å²) < 4.78 is 18.0. The number of piperazine rings is 1. The lowest BCUT2D eigenvalue weighted by Crippen LogP contribution is -2.44. The highest BCUT2D eigenvalue weighted by molar-refractivity contribution is 6.00. The topological polar surface area (TPSA) is 70.9 Å². The number of aryl methyl sites for hydroxylation is 1. The maximum atomic E-state index is 6.23. The lowest BCUT2D eigenvalue weighted by atomic mass is 9.80. The van der Waals surface area contributed by atoms with Crippen LogP contribution in [0.15, 0.2) is 46.4 Å². The van der Waals surface area contributed by atoms with Crippen LogP contribution < -0.4 is 19.7 Å². The van der Waals surface area contributed by atoms with Gasteiger partial charge in [0.1, 0.15) is 24.7 Å². The molecule has 8 nitrogen and oxygen atoms in total. The number of fused-ring (bicyclic) bond motifs is 3. The number of nitrogens with zero attached hydrogens (tertiary/aromatic N) is 4. The van der Waals surface area contributed by atoms with Gasteiger partial charge in [0.15, 0.2) is 0 Å². The van der Waals surface area contributed by atoms with E-state index in [9.17, 15) is 0 Å². The molecule has 2 unspecified atom stereocenters. The Morgan fingerprint density at radius 2 is 1.80 bits per heavy atom. The van der Waals surface area contributed by atoms with Crippen LogP contribution in [-0.4, -0.2) is 76.7 Å². The van der Waals surface area contributed by atoms with E-state index in [1.807, 2.05) is 0 Å². The first kappa shape index (κ1) is 22.4. The van der Waals surface area contributed by atoms with E-state index in [2.05, 4.69) is 69.8 Å². The molecule has 0 amide bonds. The quantitative estimate of drug-likeness (QED) is 0.682. The molecule has 35 heavy (non-hydrogen) atoms. The van der Waals surface area contributed by atoms with Crippen LogP contribution in [0.3, 0.4) is 0 Å². The van der Waals surface area contributed by atoms with Gasteiger partial charge in [0.05, 0.1) is 24.9 Å². The van der Waals surface area contributed by atoms with Gasteiger partial charge in [0, 0.05) is 50.1 Å². The first-order valence-electron chi connectivity index (χ1n) is 12.7. The van der Waals surface area contributed by atoms with Crippen LogP contribution >= 0.6 is 0 Å². The number of nitrogens with one attached hydrogen (secondary N) is 1. The van der Waals surface area contributed by atoms with Gasteiger partial charge >= 0.3 is 0 Å². The van der Waals surface area contributed by atoms with Gasteiger partial charge in [-0.3, -0.25) is 0 Å². The Balaban J connectivity index is 1.31. The molecule has 0 radical (unpaired) electrons. The van der Waals surface area contributed by atoms with Gasteiger partial charge in [-0.15, -0.1) is 0 Å². The second-order valence-corrected chi connectivity index (χ2v) is 9.65. The van der Waals surface area contributed by atoms with E-state index in [1.165, 1.54) is 11.1 Å². The number of rotatable bonds is 1. The van der Waals surface area contributed by atoms with E-state index in [4.69, 9.17) is 19.2 Å². The van der Waals surface area contributed by atoms with Crippen molar-refractivity contribution in [2.75, 3.05) is 69.9 Å². The molecule has 2 aromatic rings. The molecule has 2 aromatic carbocycles. The summed E-state index contributed by atoms with van der Waals surface area (Å²) in [6, 6.07) is 12.7. The second-order valence-electron chi connectivity index (χ2n) is 9.65. The molecule has 2 atom stereocenters. The molecule has 1 saturated heterocycles. The Kier molecular flexibility index (Phi) is 6.31. The van der Waals surface area contributed by atoms with Gasteiger partial charge in [0.2, 0.25) is 5.96 Å². The summed E-state index contributed by atoms with van der Waals surface area (Å²) in [5, 5.41) is 3.44. The predicted molar refractivity (Wildman–Crippen MR) is 139 cm³/mol. The maximum Gasteiger partial charge on any atom is 0.222 e.